The molecule has 0 radical (unpaired) electrons. The minimum Gasteiger partial charge on any atom is -0.489 e. The Morgan fingerprint density at radius 1 is 1.00 bits per heavy atom. The topological polar surface area (TPSA) is 55.8 Å². The Morgan fingerprint density at radius 2 is 1.65 bits per heavy atom. The molecule has 1 fully saturated rings. The summed E-state index contributed by atoms with van der Waals surface area (Å²) >= 11 is 0. The van der Waals surface area contributed by atoms with Gasteiger partial charge in [0.2, 0.25) is 0 Å². The van der Waals surface area contributed by atoms with Crippen LogP contribution in [0.2, 0.25) is 0 Å². The molecule has 2 aromatic carbocycles. The SMILES string of the molecule is CC(OC(=O)c1ccc(OCc2ccccc2)cc1)C(=O)N1CCCC1. The summed E-state index contributed by atoms with van der Waals surface area (Å²) in [6.07, 6.45) is 1.25. The molecule has 0 spiro atoms. The van der Waals surface area contributed by atoms with Crippen LogP contribution in [0.1, 0.15) is 35.7 Å². The number of ether oxygens (including phenoxy) is 2. The van der Waals surface area contributed by atoms with Gasteiger partial charge in [-0.05, 0) is 49.6 Å². The first-order chi connectivity index (χ1) is 12.6. The summed E-state index contributed by atoms with van der Waals surface area (Å²) in [6, 6.07) is 16.6. The number of hydrogen-bond acceptors (Lipinski definition) is 4. The van der Waals surface area contributed by atoms with Gasteiger partial charge in [-0.15, -0.1) is 0 Å². The van der Waals surface area contributed by atoms with E-state index in [9.17, 15) is 9.59 Å². The van der Waals surface area contributed by atoms with Crippen molar-refractivity contribution in [3.63, 3.8) is 0 Å². The van der Waals surface area contributed by atoms with Crippen molar-refractivity contribution >= 4 is 11.9 Å². The molecule has 1 heterocycles. The fraction of sp³-hybridized carbons (Fsp3) is 0.333. The zero-order valence-corrected chi connectivity index (χ0v) is 14.9. The first-order valence-corrected chi connectivity index (χ1v) is 8.90. The summed E-state index contributed by atoms with van der Waals surface area (Å²) in [5.74, 6) is 0.0462. The van der Waals surface area contributed by atoms with Crippen molar-refractivity contribution < 1.29 is 19.1 Å². The number of esters is 1. The van der Waals surface area contributed by atoms with Crippen LogP contribution in [0, 0.1) is 0 Å². The fourth-order valence-corrected chi connectivity index (χ4v) is 2.90. The number of carbonyl (C=O) groups excluding carboxylic acids is 2. The van der Waals surface area contributed by atoms with Gasteiger partial charge >= 0.3 is 5.97 Å². The third kappa shape index (κ3) is 4.63. The van der Waals surface area contributed by atoms with Gasteiger partial charge in [0, 0.05) is 13.1 Å². The van der Waals surface area contributed by atoms with Crippen LogP contribution < -0.4 is 4.74 Å². The predicted molar refractivity (Wildman–Crippen MR) is 97.9 cm³/mol. The van der Waals surface area contributed by atoms with Crippen molar-refractivity contribution in [3.05, 3.63) is 65.7 Å². The molecule has 0 N–H and O–H groups in total. The molecule has 5 nitrogen and oxygen atoms in total. The van der Waals surface area contributed by atoms with E-state index in [2.05, 4.69) is 0 Å². The maximum absolute atomic E-state index is 12.2. The molecule has 26 heavy (non-hydrogen) atoms. The Hall–Kier alpha value is -2.82. The Morgan fingerprint density at radius 3 is 2.31 bits per heavy atom. The number of likely N-dealkylation sites (tertiary alicyclic amines) is 1. The zero-order chi connectivity index (χ0) is 18.4. The molecule has 1 saturated heterocycles. The van der Waals surface area contributed by atoms with E-state index in [0.29, 0.717) is 17.9 Å². The molecule has 1 aliphatic rings. The van der Waals surface area contributed by atoms with Gasteiger partial charge in [0.25, 0.3) is 5.91 Å². The molecular formula is C21H23NO4. The van der Waals surface area contributed by atoms with Crippen LogP contribution in [0.3, 0.4) is 0 Å². The maximum atomic E-state index is 12.2. The van der Waals surface area contributed by atoms with Crippen LogP contribution in [0.4, 0.5) is 0 Å². The van der Waals surface area contributed by atoms with Crippen molar-refractivity contribution in [2.75, 3.05) is 13.1 Å². The molecule has 0 aromatic heterocycles. The average molecular weight is 353 g/mol. The molecule has 0 saturated carbocycles. The minimum atomic E-state index is -0.769. The summed E-state index contributed by atoms with van der Waals surface area (Å²) in [6.45, 7) is 3.57. The molecule has 1 amide bonds. The smallest absolute Gasteiger partial charge is 0.338 e. The first kappa shape index (κ1) is 18.0. The number of amides is 1. The molecule has 0 bridgehead atoms. The molecule has 1 unspecified atom stereocenters. The van der Waals surface area contributed by atoms with Crippen LogP contribution in [-0.4, -0.2) is 36.0 Å². The standard InChI is InChI=1S/C21H23NO4/c1-16(20(23)22-13-5-6-14-22)26-21(24)18-9-11-19(12-10-18)25-15-17-7-3-2-4-8-17/h2-4,7-12,16H,5-6,13-15H2,1H3. The number of carbonyl (C=O) groups is 2. The second-order valence-corrected chi connectivity index (χ2v) is 6.38. The number of nitrogens with zero attached hydrogens (tertiary/aromatic N) is 1. The maximum Gasteiger partial charge on any atom is 0.338 e. The quantitative estimate of drug-likeness (QED) is 0.747. The Labute approximate surface area is 153 Å². The van der Waals surface area contributed by atoms with Crippen LogP contribution in [0.25, 0.3) is 0 Å². The Balaban J connectivity index is 1.52. The fourth-order valence-electron chi connectivity index (χ4n) is 2.90. The van der Waals surface area contributed by atoms with E-state index >= 15 is 0 Å². The lowest BCUT2D eigenvalue weighted by Crippen LogP contribution is -2.38. The van der Waals surface area contributed by atoms with E-state index in [-0.39, 0.29) is 5.91 Å². The zero-order valence-electron chi connectivity index (χ0n) is 14.9. The third-order valence-corrected chi connectivity index (χ3v) is 4.39. The monoisotopic (exact) mass is 353 g/mol. The molecular weight excluding hydrogens is 330 g/mol. The third-order valence-electron chi connectivity index (χ3n) is 4.39. The van der Waals surface area contributed by atoms with Gasteiger partial charge in [0.05, 0.1) is 5.56 Å². The summed E-state index contributed by atoms with van der Waals surface area (Å²) in [4.78, 5) is 26.2. The highest BCUT2D eigenvalue weighted by Crippen LogP contribution is 2.16. The van der Waals surface area contributed by atoms with Crippen molar-refractivity contribution in [2.24, 2.45) is 0 Å². The van der Waals surface area contributed by atoms with Gasteiger partial charge in [-0.3, -0.25) is 4.79 Å². The second kappa shape index (κ2) is 8.52. The highest BCUT2D eigenvalue weighted by Gasteiger charge is 2.26. The molecule has 5 heteroatoms. The van der Waals surface area contributed by atoms with Crippen molar-refractivity contribution in [1.29, 1.82) is 0 Å². The van der Waals surface area contributed by atoms with Gasteiger partial charge in [-0.2, -0.15) is 0 Å². The molecule has 1 atom stereocenters. The normalized spacial score (nSPS) is 14.7. The lowest BCUT2D eigenvalue weighted by Gasteiger charge is -2.20. The number of rotatable bonds is 6. The minimum absolute atomic E-state index is 0.126. The lowest BCUT2D eigenvalue weighted by atomic mass is 10.2. The molecule has 0 aliphatic carbocycles. The summed E-state index contributed by atoms with van der Waals surface area (Å²) in [5.41, 5.74) is 1.48. The van der Waals surface area contributed by atoms with Gasteiger partial charge in [0.15, 0.2) is 6.10 Å². The van der Waals surface area contributed by atoms with Crippen LogP contribution in [-0.2, 0) is 16.1 Å². The molecule has 2 aromatic rings. The van der Waals surface area contributed by atoms with E-state index in [4.69, 9.17) is 9.47 Å². The number of benzene rings is 2. The summed E-state index contributed by atoms with van der Waals surface area (Å²) < 4.78 is 11.0. The van der Waals surface area contributed by atoms with E-state index in [1.54, 1.807) is 36.1 Å². The van der Waals surface area contributed by atoms with Crippen LogP contribution >= 0.6 is 0 Å². The van der Waals surface area contributed by atoms with Crippen molar-refractivity contribution in [1.82, 2.24) is 4.90 Å². The summed E-state index contributed by atoms with van der Waals surface area (Å²) in [5, 5.41) is 0. The Kier molecular flexibility index (Phi) is 5.89. The largest absolute Gasteiger partial charge is 0.489 e. The second-order valence-electron chi connectivity index (χ2n) is 6.38. The highest BCUT2D eigenvalue weighted by molar-refractivity contribution is 5.92. The van der Waals surface area contributed by atoms with Crippen molar-refractivity contribution in [3.8, 4) is 5.75 Å². The molecule has 136 valence electrons. The van der Waals surface area contributed by atoms with Gasteiger partial charge in [0.1, 0.15) is 12.4 Å². The van der Waals surface area contributed by atoms with E-state index in [1.165, 1.54) is 0 Å². The van der Waals surface area contributed by atoms with Crippen LogP contribution in [0.15, 0.2) is 54.6 Å². The summed E-state index contributed by atoms with van der Waals surface area (Å²) in [7, 11) is 0. The lowest BCUT2D eigenvalue weighted by molar-refractivity contribution is -0.138. The predicted octanol–water partition coefficient (Wildman–Crippen LogP) is 3.43. The van der Waals surface area contributed by atoms with E-state index < -0.39 is 12.1 Å². The van der Waals surface area contributed by atoms with Gasteiger partial charge < -0.3 is 14.4 Å². The van der Waals surface area contributed by atoms with E-state index in [1.807, 2.05) is 30.3 Å². The van der Waals surface area contributed by atoms with Crippen LogP contribution in [0.5, 0.6) is 5.75 Å². The molecule has 1 aliphatic heterocycles. The number of hydrogen-bond donors (Lipinski definition) is 0. The van der Waals surface area contributed by atoms with Crippen molar-refractivity contribution in [2.45, 2.75) is 32.5 Å². The average Bonchev–Trinajstić information content (AvgIpc) is 3.21. The molecule has 3 rings (SSSR count). The van der Waals surface area contributed by atoms with Gasteiger partial charge in [-0.1, -0.05) is 30.3 Å². The van der Waals surface area contributed by atoms with E-state index in [0.717, 1.165) is 31.5 Å². The van der Waals surface area contributed by atoms with Gasteiger partial charge in [-0.25, -0.2) is 4.79 Å². The Bertz CT molecular complexity index is 736. The highest BCUT2D eigenvalue weighted by atomic mass is 16.5. The first-order valence-electron chi connectivity index (χ1n) is 8.90.